The highest BCUT2D eigenvalue weighted by molar-refractivity contribution is 7.13. The van der Waals surface area contributed by atoms with Gasteiger partial charge in [-0.15, -0.1) is 21.5 Å². The molecule has 1 amide bonds. The quantitative estimate of drug-likeness (QED) is 0.625. The van der Waals surface area contributed by atoms with Crippen molar-refractivity contribution >= 4 is 17.2 Å². The maximum atomic E-state index is 12.7. The predicted molar refractivity (Wildman–Crippen MR) is 107 cm³/mol. The number of ether oxygens (including phenoxy) is 1. The van der Waals surface area contributed by atoms with Gasteiger partial charge in [0.05, 0.1) is 17.9 Å². The van der Waals surface area contributed by atoms with Crippen molar-refractivity contribution in [3.05, 3.63) is 53.2 Å². The molecule has 0 bridgehead atoms. The Bertz CT molecular complexity index is 905. The Morgan fingerprint density at radius 3 is 2.89 bits per heavy atom. The largest absolute Gasteiger partial charge is 0.497 e. The zero-order valence-electron chi connectivity index (χ0n) is 15.8. The van der Waals surface area contributed by atoms with Crippen LogP contribution >= 0.6 is 11.3 Å². The number of methoxy groups -OCH3 is 1. The molecule has 146 valence electrons. The van der Waals surface area contributed by atoms with E-state index in [1.807, 2.05) is 46.7 Å². The number of likely N-dealkylation sites (tertiary alicyclic amines) is 1. The summed E-state index contributed by atoms with van der Waals surface area (Å²) < 4.78 is 11.1. The minimum absolute atomic E-state index is 0.111. The molecule has 28 heavy (non-hydrogen) atoms. The average Bonchev–Trinajstić information content (AvgIpc) is 3.44. The molecule has 0 aliphatic carbocycles. The zero-order valence-corrected chi connectivity index (χ0v) is 16.7. The van der Waals surface area contributed by atoms with E-state index >= 15 is 0 Å². The summed E-state index contributed by atoms with van der Waals surface area (Å²) in [5.74, 6) is 2.32. The first-order chi connectivity index (χ1) is 13.7. The third kappa shape index (κ3) is 4.25. The number of hydrogen-bond donors (Lipinski definition) is 0. The second kappa shape index (κ2) is 8.56. The van der Waals surface area contributed by atoms with E-state index in [1.165, 1.54) is 0 Å². The van der Waals surface area contributed by atoms with Gasteiger partial charge in [-0.3, -0.25) is 4.79 Å². The van der Waals surface area contributed by atoms with Crippen LogP contribution in [0, 0.1) is 0 Å². The van der Waals surface area contributed by atoms with Crippen LogP contribution in [0.1, 0.15) is 36.6 Å². The Kier molecular flexibility index (Phi) is 5.71. The summed E-state index contributed by atoms with van der Waals surface area (Å²) >= 11 is 1.58. The highest BCUT2D eigenvalue weighted by Crippen LogP contribution is 2.30. The smallest absolute Gasteiger partial charge is 0.257 e. The van der Waals surface area contributed by atoms with Crippen molar-refractivity contribution in [3.63, 3.8) is 0 Å². The number of carbonyl (C=O) groups excluding carboxylic acids is 1. The van der Waals surface area contributed by atoms with Crippen molar-refractivity contribution < 1.29 is 13.9 Å². The third-order valence-corrected chi connectivity index (χ3v) is 5.94. The zero-order chi connectivity index (χ0) is 19.3. The summed E-state index contributed by atoms with van der Waals surface area (Å²) in [5.41, 5.74) is 1.14. The summed E-state index contributed by atoms with van der Waals surface area (Å²) in [6, 6.07) is 11.8. The van der Waals surface area contributed by atoms with Gasteiger partial charge >= 0.3 is 0 Å². The second-order valence-electron chi connectivity index (χ2n) is 6.95. The lowest BCUT2D eigenvalue weighted by molar-refractivity contribution is -0.132. The number of hydrogen-bond acceptors (Lipinski definition) is 6. The number of rotatable bonds is 6. The SMILES string of the molecule is COc1ccc(CCC(=O)N2CCCC(c3nnc(-c4cccs4)o3)C2)cc1. The van der Waals surface area contributed by atoms with Crippen molar-refractivity contribution in [3.8, 4) is 16.5 Å². The fraction of sp³-hybridized carbons (Fsp3) is 0.381. The number of aromatic nitrogens is 2. The van der Waals surface area contributed by atoms with Crippen molar-refractivity contribution in [1.82, 2.24) is 15.1 Å². The minimum Gasteiger partial charge on any atom is -0.497 e. The molecule has 0 radical (unpaired) electrons. The predicted octanol–water partition coefficient (Wildman–Crippen LogP) is 4.15. The number of piperidine rings is 1. The summed E-state index contributed by atoms with van der Waals surface area (Å²) in [6.45, 7) is 1.44. The Hall–Kier alpha value is -2.67. The first-order valence-corrected chi connectivity index (χ1v) is 10.4. The second-order valence-corrected chi connectivity index (χ2v) is 7.90. The maximum absolute atomic E-state index is 12.7. The van der Waals surface area contributed by atoms with E-state index in [1.54, 1.807) is 18.4 Å². The van der Waals surface area contributed by atoms with Gasteiger partial charge < -0.3 is 14.1 Å². The van der Waals surface area contributed by atoms with Gasteiger partial charge in [-0.1, -0.05) is 18.2 Å². The number of aryl methyl sites for hydroxylation is 1. The normalized spacial score (nSPS) is 16.9. The highest BCUT2D eigenvalue weighted by Gasteiger charge is 2.28. The van der Waals surface area contributed by atoms with Crippen molar-refractivity contribution in [2.75, 3.05) is 20.2 Å². The summed E-state index contributed by atoms with van der Waals surface area (Å²) in [5, 5.41) is 10.4. The van der Waals surface area contributed by atoms with Crippen LogP contribution in [0.4, 0.5) is 0 Å². The molecule has 0 saturated carbocycles. The van der Waals surface area contributed by atoms with Gasteiger partial charge in [0, 0.05) is 19.5 Å². The van der Waals surface area contributed by atoms with E-state index in [-0.39, 0.29) is 11.8 Å². The van der Waals surface area contributed by atoms with E-state index in [4.69, 9.17) is 9.15 Å². The van der Waals surface area contributed by atoms with Crippen molar-refractivity contribution in [1.29, 1.82) is 0 Å². The third-order valence-electron chi connectivity index (χ3n) is 5.08. The standard InChI is InChI=1S/C21H23N3O3S/c1-26-17-9-6-15(7-10-17)8-11-19(25)24-12-2-4-16(14-24)20-22-23-21(27-20)18-5-3-13-28-18/h3,5-7,9-10,13,16H,2,4,8,11-12,14H2,1H3. The minimum atomic E-state index is 0.111. The van der Waals surface area contributed by atoms with Gasteiger partial charge in [0.25, 0.3) is 5.89 Å². The van der Waals surface area contributed by atoms with Gasteiger partial charge in [-0.25, -0.2) is 0 Å². The van der Waals surface area contributed by atoms with Crippen LogP contribution in [-0.2, 0) is 11.2 Å². The first kappa shape index (κ1) is 18.7. The van der Waals surface area contributed by atoms with Gasteiger partial charge in [-0.05, 0) is 48.4 Å². The van der Waals surface area contributed by atoms with Crippen molar-refractivity contribution in [2.24, 2.45) is 0 Å². The molecule has 2 aromatic heterocycles. The molecular formula is C21H23N3O3S. The Labute approximate surface area is 168 Å². The number of carbonyl (C=O) groups is 1. The number of amides is 1. The Morgan fingerprint density at radius 2 is 2.14 bits per heavy atom. The lowest BCUT2D eigenvalue weighted by Crippen LogP contribution is -2.39. The fourth-order valence-electron chi connectivity index (χ4n) is 3.51. The molecule has 3 heterocycles. The van der Waals surface area contributed by atoms with E-state index in [2.05, 4.69) is 10.2 Å². The molecule has 1 atom stereocenters. The molecule has 7 heteroatoms. The summed E-state index contributed by atoms with van der Waals surface area (Å²) in [4.78, 5) is 15.6. The molecule has 1 saturated heterocycles. The van der Waals surface area contributed by atoms with Gasteiger partial charge in [0.15, 0.2) is 0 Å². The van der Waals surface area contributed by atoms with E-state index in [9.17, 15) is 4.79 Å². The number of thiophene rings is 1. The lowest BCUT2D eigenvalue weighted by atomic mass is 9.97. The topological polar surface area (TPSA) is 68.5 Å². The lowest BCUT2D eigenvalue weighted by Gasteiger charge is -2.31. The molecule has 1 fully saturated rings. The molecule has 1 aliphatic rings. The Balaban J connectivity index is 1.34. The van der Waals surface area contributed by atoms with Crippen LogP contribution in [0.5, 0.6) is 5.75 Å². The van der Waals surface area contributed by atoms with Crippen molar-refractivity contribution in [2.45, 2.75) is 31.6 Å². The monoisotopic (exact) mass is 397 g/mol. The van der Waals surface area contributed by atoms with Crippen LogP contribution in [0.15, 0.2) is 46.2 Å². The van der Waals surface area contributed by atoms with E-state index < -0.39 is 0 Å². The van der Waals surface area contributed by atoms with E-state index in [0.717, 1.165) is 42.0 Å². The molecule has 1 aliphatic heterocycles. The molecule has 6 nitrogen and oxygen atoms in total. The van der Waals surface area contributed by atoms with Crippen LogP contribution < -0.4 is 4.74 Å². The number of benzene rings is 1. The van der Waals surface area contributed by atoms with Gasteiger partial charge in [0.1, 0.15) is 5.75 Å². The van der Waals surface area contributed by atoms with Crippen LogP contribution in [0.2, 0.25) is 0 Å². The van der Waals surface area contributed by atoms with Gasteiger partial charge in [-0.2, -0.15) is 0 Å². The molecule has 1 unspecified atom stereocenters. The van der Waals surface area contributed by atoms with Gasteiger partial charge in [0.2, 0.25) is 11.8 Å². The summed E-state index contributed by atoms with van der Waals surface area (Å²) in [6.07, 6.45) is 3.15. The average molecular weight is 398 g/mol. The van der Waals surface area contributed by atoms with Crippen LogP contribution in [0.25, 0.3) is 10.8 Å². The first-order valence-electron chi connectivity index (χ1n) is 9.51. The maximum Gasteiger partial charge on any atom is 0.257 e. The molecule has 1 aromatic carbocycles. The van der Waals surface area contributed by atoms with E-state index in [0.29, 0.717) is 24.7 Å². The molecule has 4 rings (SSSR count). The molecular weight excluding hydrogens is 374 g/mol. The molecule has 3 aromatic rings. The highest BCUT2D eigenvalue weighted by atomic mass is 32.1. The Morgan fingerprint density at radius 1 is 1.29 bits per heavy atom. The summed E-state index contributed by atoms with van der Waals surface area (Å²) in [7, 11) is 1.65. The molecule has 0 N–H and O–H groups in total. The fourth-order valence-corrected chi connectivity index (χ4v) is 4.15. The van der Waals surface area contributed by atoms with Crippen LogP contribution in [-0.4, -0.2) is 41.2 Å². The van der Waals surface area contributed by atoms with Crippen LogP contribution in [0.3, 0.4) is 0 Å². The number of nitrogens with zero attached hydrogens (tertiary/aromatic N) is 3. The molecule has 0 spiro atoms.